The molecular weight excluding hydrogens is 817 g/mol. The van der Waals surface area contributed by atoms with Gasteiger partial charge in [-0.1, -0.05) is 247 Å². The van der Waals surface area contributed by atoms with E-state index in [2.05, 4.69) is 106 Å². The average molecular weight is 919 g/mol. The van der Waals surface area contributed by atoms with Gasteiger partial charge in [0.05, 0.1) is 0 Å². The van der Waals surface area contributed by atoms with Gasteiger partial charge >= 0.3 is 17.9 Å². The lowest BCUT2D eigenvalue weighted by molar-refractivity contribution is -0.167. The first-order chi connectivity index (χ1) is 32.5. The van der Waals surface area contributed by atoms with Crippen molar-refractivity contribution in [3.05, 3.63) is 85.1 Å². The Kier molecular flexibility index (Phi) is 51.4. The lowest BCUT2D eigenvalue weighted by Gasteiger charge is -2.18. The molecule has 0 rings (SSSR count). The van der Waals surface area contributed by atoms with Gasteiger partial charge in [0.1, 0.15) is 13.2 Å². The molecule has 0 aliphatic carbocycles. The van der Waals surface area contributed by atoms with E-state index >= 15 is 0 Å². The lowest BCUT2D eigenvalue weighted by Crippen LogP contribution is -2.30. The number of carbonyl (C=O) groups excluding carboxylic acids is 3. The number of hydrogen-bond donors (Lipinski definition) is 0. The highest BCUT2D eigenvalue weighted by atomic mass is 16.6. The van der Waals surface area contributed by atoms with E-state index in [1.165, 1.54) is 89.9 Å². The van der Waals surface area contributed by atoms with E-state index in [-0.39, 0.29) is 31.1 Å². The minimum absolute atomic E-state index is 0.0817. The topological polar surface area (TPSA) is 78.9 Å². The third-order valence-electron chi connectivity index (χ3n) is 11.7. The molecule has 0 bridgehead atoms. The Morgan fingerprint density at radius 2 is 0.591 bits per heavy atom. The summed E-state index contributed by atoms with van der Waals surface area (Å²) in [7, 11) is 0. The van der Waals surface area contributed by atoms with Gasteiger partial charge in [-0.3, -0.25) is 14.4 Å². The Bertz CT molecular complexity index is 1290. The molecule has 66 heavy (non-hydrogen) atoms. The SMILES string of the molecule is CC/C=C\C/C=C\C/C=C\C/C=C\C/C=C\C/C=C\C/C=C\CCCCCCCC(=O)OCC(COC(=O)CCCCCCC)OC(=O)CCCCCCCCCCCCCCCCCC. The first-order valence-electron chi connectivity index (χ1n) is 27.6. The fourth-order valence-electron chi connectivity index (χ4n) is 7.54. The van der Waals surface area contributed by atoms with Crippen molar-refractivity contribution in [3.63, 3.8) is 0 Å². The Hall–Kier alpha value is -3.41. The molecule has 0 aliphatic heterocycles. The smallest absolute Gasteiger partial charge is 0.306 e. The Morgan fingerprint density at radius 3 is 0.924 bits per heavy atom. The van der Waals surface area contributed by atoms with Crippen LogP contribution < -0.4 is 0 Å². The second kappa shape index (κ2) is 54.2. The van der Waals surface area contributed by atoms with Crippen LogP contribution in [0.5, 0.6) is 0 Å². The number of ether oxygens (including phenoxy) is 3. The van der Waals surface area contributed by atoms with Crippen molar-refractivity contribution < 1.29 is 28.6 Å². The molecule has 0 saturated heterocycles. The van der Waals surface area contributed by atoms with E-state index in [1.807, 2.05) is 0 Å². The second-order valence-electron chi connectivity index (χ2n) is 18.1. The van der Waals surface area contributed by atoms with Crippen LogP contribution in [-0.4, -0.2) is 37.2 Å². The molecule has 0 saturated carbocycles. The highest BCUT2D eigenvalue weighted by Crippen LogP contribution is 2.15. The number of rotatable bonds is 49. The van der Waals surface area contributed by atoms with Crippen molar-refractivity contribution in [3.8, 4) is 0 Å². The first kappa shape index (κ1) is 62.6. The van der Waals surface area contributed by atoms with Gasteiger partial charge in [0.25, 0.3) is 0 Å². The van der Waals surface area contributed by atoms with Gasteiger partial charge in [-0.05, 0) is 77.0 Å². The highest BCUT2D eigenvalue weighted by Gasteiger charge is 2.19. The predicted octanol–water partition coefficient (Wildman–Crippen LogP) is 18.4. The quantitative estimate of drug-likeness (QED) is 0.0262. The van der Waals surface area contributed by atoms with E-state index in [9.17, 15) is 14.4 Å². The maximum Gasteiger partial charge on any atom is 0.306 e. The molecule has 1 unspecified atom stereocenters. The van der Waals surface area contributed by atoms with Gasteiger partial charge in [-0.25, -0.2) is 0 Å². The van der Waals surface area contributed by atoms with Gasteiger partial charge in [-0.2, -0.15) is 0 Å². The molecule has 0 aromatic rings. The summed E-state index contributed by atoms with van der Waals surface area (Å²) >= 11 is 0. The summed E-state index contributed by atoms with van der Waals surface area (Å²) in [5, 5.41) is 0. The molecule has 0 N–H and O–H groups in total. The molecule has 0 spiro atoms. The molecule has 0 heterocycles. The fourth-order valence-corrected chi connectivity index (χ4v) is 7.54. The second-order valence-corrected chi connectivity index (χ2v) is 18.1. The zero-order chi connectivity index (χ0) is 47.9. The average Bonchev–Trinajstić information content (AvgIpc) is 3.31. The number of carbonyl (C=O) groups is 3. The van der Waals surface area contributed by atoms with Crippen molar-refractivity contribution in [1.82, 2.24) is 0 Å². The van der Waals surface area contributed by atoms with Gasteiger partial charge in [0.15, 0.2) is 6.10 Å². The summed E-state index contributed by atoms with van der Waals surface area (Å²) < 4.78 is 16.7. The molecule has 0 fully saturated rings. The largest absolute Gasteiger partial charge is 0.462 e. The van der Waals surface area contributed by atoms with Gasteiger partial charge in [0, 0.05) is 19.3 Å². The van der Waals surface area contributed by atoms with E-state index in [0.29, 0.717) is 19.3 Å². The maximum atomic E-state index is 12.7. The Balaban J connectivity index is 4.16. The van der Waals surface area contributed by atoms with Crippen molar-refractivity contribution in [1.29, 1.82) is 0 Å². The molecule has 6 heteroatoms. The van der Waals surface area contributed by atoms with Crippen molar-refractivity contribution in [2.75, 3.05) is 13.2 Å². The molecule has 0 aromatic heterocycles. The molecule has 0 radical (unpaired) electrons. The minimum atomic E-state index is -0.779. The van der Waals surface area contributed by atoms with Crippen LogP contribution in [0.3, 0.4) is 0 Å². The van der Waals surface area contributed by atoms with Crippen LogP contribution in [0.25, 0.3) is 0 Å². The Morgan fingerprint density at radius 1 is 0.318 bits per heavy atom. The minimum Gasteiger partial charge on any atom is -0.462 e. The maximum absolute atomic E-state index is 12.7. The zero-order valence-electron chi connectivity index (χ0n) is 43.2. The molecule has 0 aliphatic rings. The monoisotopic (exact) mass is 919 g/mol. The third kappa shape index (κ3) is 51.6. The number of unbranched alkanes of at least 4 members (excludes halogenated alkanes) is 24. The lowest BCUT2D eigenvalue weighted by atomic mass is 10.0. The van der Waals surface area contributed by atoms with Crippen LogP contribution in [0.1, 0.15) is 258 Å². The van der Waals surface area contributed by atoms with E-state index in [4.69, 9.17) is 14.2 Å². The zero-order valence-corrected chi connectivity index (χ0v) is 43.2. The molecule has 378 valence electrons. The van der Waals surface area contributed by atoms with Crippen molar-refractivity contribution >= 4 is 17.9 Å². The summed E-state index contributed by atoms with van der Waals surface area (Å²) in [5.74, 6) is -0.911. The molecular formula is C60H102O6. The standard InChI is InChI=1S/C60H102O6/c1-4-7-10-13-15-17-19-21-23-25-26-27-28-29-30-31-32-33-34-35-37-38-40-42-44-47-50-53-59(62)65-56-57(55-64-58(61)52-49-46-12-9-6-3)66-60(63)54-51-48-45-43-41-39-36-24-22-20-18-16-14-11-8-5-2/h7,10,15,17,21,23,26-27,29-30,32-33,35,37,57H,4-6,8-9,11-14,16,18-20,22,24-25,28,31,34,36,38-56H2,1-3H3/b10-7-,17-15-,23-21-,27-26-,30-29-,33-32-,37-35-. The van der Waals surface area contributed by atoms with Crippen LogP contribution >= 0.6 is 0 Å². The number of esters is 3. The van der Waals surface area contributed by atoms with E-state index in [0.717, 1.165) is 128 Å². The van der Waals surface area contributed by atoms with Crippen LogP contribution in [0.2, 0.25) is 0 Å². The number of hydrogen-bond acceptors (Lipinski definition) is 6. The summed E-state index contributed by atoms with van der Waals surface area (Å²) in [5.41, 5.74) is 0. The summed E-state index contributed by atoms with van der Waals surface area (Å²) in [6, 6.07) is 0. The van der Waals surface area contributed by atoms with Crippen LogP contribution in [0.4, 0.5) is 0 Å². The molecule has 0 aromatic carbocycles. The normalized spacial score (nSPS) is 12.7. The predicted molar refractivity (Wildman–Crippen MR) is 284 cm³/mol. The highest BCUT2D eigenvalue weighted by molar-refractivity contribution is 5.71. The van der Waals surface area contributed by atoms with Crippen LogP contribution in [0.15, 0.2) is 85.1 Å². The third-order valence-corrected chi connectivity index (χ3v) is 11.7. The first-order valence-corrected chi connectivity index (χ1v) is 27.6. The summed E-state index contributed by atoms with van der Waals surface area (Å²) in [6.45, 7) is 6.43. The van der Waals surface area contributed by atoms with E-state index in [1.54, 1.807) is 0 Å². The molecule has 6 nitrogen and oxygen atoms in total. The summed E-state index contributed by atoms with van der Waals surface area (Å²) in [6.07, 6.45) is 70.4. The molecule has 1 atom stereocenters. The fraction of sp³-hybridized carbons (Fsp3) is 0.717. The number of allylic oxidation sites excluding steroid dienone is 14. The van der Waals surface area contributed by atoms with Gasteiger partial charge in [-0.15, -0.1) is 0 Å². The van der Waals surface area contributed by atoms with Crippen molar-refractivity contribution in [2.45, 2.75) is 264 Å². The van der Waals surface area contributed by atoms with Gasteiger partial charge in [0.2, 0.25) is 0 Å². The Labute approximate surface area is 407 Å². The van der Waals surface area contributed by atoms with Gasteiger partial charge < -0.3 is 14.2 Å². The van der Waals surface area contributed by atoms with Crippen molar-refractivity contribution in [2.24, 2.45) is 0 Å². The summed E-state index contributed by atoms with van der Waals surface area (Å²) in [4.78, 5) is 37.7. The van der Waals surface area contributed by atoms with Crippen LogP contribution in [-0.2, 0) is 28.6 Å². The van der Waals surface area contributed by atoms with E-state index < -0.39 is 6.10 Å². The van der Waals surface area contributed by atoms with Crippen LogP contribution in [0, 0.1) is 0 Å². The molecule has 0 amide bonds.